The third-order valence-electron chi connectivity index (χ3n) is 2.40. The number of ketones is 1. The summed E-state index contributed by atoms with van der Waals surface area (Å²) in [5, 5.41) is 0. The van der Waals surface area contributed by atoms with Crippen molar-refractivity contribution < 1.29 is 4.79 Å². The molecule has 0 aliphatic carbocycles. The van der Waals surface area contributed by atoms with Crippen molar-refractivity contribution in [2.24, 2.45) is 0 Å². The summed E-state index contributed by atoms with van der Waals surface area (Å²) in [7, 11) is 0. The van der Waals surface area contributed by atoms with E-state index in [-0.39, 0.29) is 5.78 Å². The van der Waals surface area contributed by atoms with E-state index in [1.54, 1.807) is 19.2 Å². The van der Waals surface area contributed by atoms with Crippen molar-refractivity contribution in [3.8, 4) is 0 Å². The Kier molecular flexibility index (Phi) is 3.83. The van der Waals surface area contributed by atoms with Crippen molar-refractivity contribution in [2.75, 3.05) is 11.4 Å². The summed E-state index contributed by atoms with van der Waals surface area (Å²) >= 11 is 0. The van der Waals surface area contributed by atoms with Gasteiger partial charge in [0.05, 0.1) is 5.56 Å². The first-order valence-electron chi connectivity index (χ1n) is 5.30. The maximum atomic E-state index is 11.4. The van der Waals surface area contributed by atoms with Gasteiger partial charge in [-0.1, -0.05) is 0 Å². The third-order valence-corrected chi connectivity index (χ3v) is 2.40. The smallest absolute Gasteiger partial charge is 0.163 e. The molecule has 0 unspecified atom stereocenters. The number of nitrogens with zero attached hydrogens (tertiary/aromatic N) is 2. The lowest BCUT2D eigenvalue weighted by atomic mass is 10.1. The molecule has 3 heteroatoms. The molecule has 0 aromatic carbocycles. The molecule has 0 radical (unpaired) electrons. The van der Waals surface area contributed by atoms with Crippen LogP contribution in [0.2, 0.25) is 0 Å². The number of carbonyl (C=O) groups is 1. The number of carbonyl (C=O) groups excluding carboxylic acids is 1. The van der Waals surface area contributed by atoms with E-state index in [0.29, 0.717) is 11.6 Å². The van der Waals surface area contributed by atoms with Gasteiger partial charge in [-0.2, -0.15) is 0 Å². The molecular weight excluding hydrogens is 188 g/mol. The topological polar surface area (TPSA) is 33.2 Å². The van der Waals surface area contributed by atoms with Crippen LogP contribution < -0.4 is 4.90 Å². The van der Waals surface area contributed by atoms with Crippen molar-refractivity contribution in [3.63, 3.8) is 0 Å². The van der Waals surface area contributed by atoms with Crippen LogP contribution in [0.25, 0.3) is 0 Å². The molecular formula is C12H18N2O. The zero-order valence-electron chi connectivity index (χ0n) is 9.82. The molecule has 1 rings (SSSR count). The molecule has 0 atom stereocenters. The lowest BCUT2D eigenvalue weighted by Crippen LogP contribution is -2.32. The highest BCUT2D eigenvalue weighted by Gasteiger charge is 2.15. The Labute approximate surface area is 91.1 Å². The highest BCUT2D eigenvalue weighted by atomic mass is 16.1. The van der Waals surface area contributed by atoms with E-state index in [2.05, 4.69) is 30.7 Å². The number of rotatable bonds is 4. The Morgan fingerprint density at radius 3 is 2.67 bits per heavy atom. The Morgan fingerprint density at radius 2 is 2.20 bits per heavy atom. The van der Waals surface area contributed by atoms with E-state index < -0.39 is 0 Å². The highest BCUT2D eigenvalue weighted by Crippen LogP contribution is 2.19. The first kappa shape index (κ1) is 11.7. The van der Waals surface area contributed by atoms with Gasteiger partial charge in [-0.05, 0) is 39.8 Å². The molecule has 0 bridgehead atoms. The Balaban J connectivity index is 3.16. The molecule has 1 aromatic heterocycles. The van der Waals surface area contributed by atoms with E-state index in [1.165, 1.54) is 0 Å². The minimum Gasteiger partial charge on any atom is -0.354 e. The number of hydrogen-bond donors (Lipinski definition) is 0. The number of hydrogen-bond acceptors (Lipinski definition) is 3. The van der Waals surface area contributed by atoms with Gasteiger partial charge in [0.15, 0.2) is 5.78 Å². The van der Waals surface area contributed by atoms with Gasteiger partial charge < -0.3 is 4.90 Å². The third kappa shape index (κ3) is 2.55. The standard InChI is InChI=1S/C12H18N2O/c1-5-14(9(2)3)12-11(10(4)15)7-6-8-13-12/h6-9H,5H2,1-4H3. The maximum absolute atomic E-state index is 11.4. The molecule has 0 spiro atoms. The molecule has 15 heavy (non-hydrogen) atoms. The number of aromatic nitrogens is 1. The van der Waals surface area contributed by atoms with Gasteiger partial charge in [0.2, 0.25) is 0 Å². The number of anilines is 1. The van der Waals surface area contributed by atoms with E-state index >= 15 is 0 Å². The fourth-order valence-electron chi connectivity index (χ4n) is 1.66. The molecule has 82 valence electrons. The normalized spacial score (nSPS) is 10.5. The van der Waals surface area contributed by atoms with Gasteiger partial charge in [-0.25, -0.2) is 4.98 Å². The second-order valence-electron chi connectivity index (χ2n) is 3.81. The van der Waals surface area contributed by atoms with Gasteiger partial charge in [-0.3, -0.25) is 4.79 Å². The summed E-state index contributed by atoms with van der Waals surface area (Å²) in [5.41, 5.74) is 0.702. The second-order valence-corrected chi connectivity index (χ2v) is 3.81. The van der Waals surface area contributed by atoms with E-state index in [9.17, 15) is 4.79 Å². The number of Topliss-reactive ketones (excluding diaryl/α,β-unsaturated/α-hetero) is 1. The molecule has 0 saturated carbocycles. The van der Waals surface area contributed by atoms with Crippen LogP contribution in [-0.2, 0) is 0 Å². The zero-order chi connectivity index (χ0) is 11.4. The maximum Gasteiger partial charge on any atom is 0.163 e. The second kappa shape index (κ2) is 4.91. The minimum absolute atomic E-state index is 0.0669. The average Bonchev–Trinajstić information content (AvgIpc) is 2.18. The summed E-state index contributed by atoms with van der Waals surface area (Å²) in [6.45, 7) is 8.70. The fourth-order valence-corrected chi connectivity index (χ4v) is 1.66. The van der Waals surface area contributed by atoms with Crippen molar-refractivity contribution in [2.45, 2.75) is 33.7 Å². The molecule has 1 heterocycles. The Hall–Kier alpha value is -1.38. The molecule has 0 aliphatic rings. The van der Waals surface area contributed by atoms with Crippen molar-refractivity contribution >= 4 is 11.6 Å². The van der Waals surface area contributed by atoms with Crippen molar-refractivity contribution in [1.29, 1.82) is 0 Å². The lowest BCUT2D eigenvalue weighted by Gasteiger charge is -2.27. The van der Waals surface area contributed by atoms with Gasteiger partial charge >= 0.3 is 0 Å². The quantitative estimate of drug-likeness (QED) is 0.710. The van der Waals surface area contributed by atoms with Gasteiger partial charge in [-0.15, -0.1) is 0 Å². The first-order valence-corrected chi connectivity index (χ1v) is 5.30. The largest absolute Gasteiger partial charge is 0.354 e. The van der Waals surface area contributed by atoms with Crippen molar-refractivity contribution in [3.05, 3.63) is 23.9 Å². The molecule has 0 fully saturated rings. The summed E-state index contributed by atoms with van der Waals surface area (Å²) < 4.78 is 0. The van der Waals surface area contributed by atoms with Crippen molar-refractivity contribution in [1.82, 2.24) is 4.98 Å². The van der Waals surface area contributed by atoms with Gasteiger partial charge in [0.25, 0.3) is 0 Å². The Morgan fingerprint density at radius 1 is 1.53 bits per heavy atom. The molecule has 0 N–H and O–H groups in total. The van der Waals surface area contributed by atoms with E-state index in [0.717, 1.165) is 12.4 Å². The molecule has 0 saturated heterocycles. The number of pyridine rings is 1. The zero-order valence-corrected chi connectivity index (χ0v) is 9.82. The SMILES string of the molecule is CCN(c1ncccc1C(C)=O)C(C)C. The van der Waals surface area contributed by atoms with Gasteiger partial charge in [0.1, 0.15) is 5.82 Å². The van der Waals surface area contributed by atoms with Crippen LogP contribution in [-0.4, -0.2) is 23.4 Å². The summed E-state index contributed by atoms with van der Waals surface area (Å²) in [6, 6.07) is 3.98. The van der Waals surface area contributed by atoms with Crippen LogP contribution >= 0.6 is 0 Å². The predicted octanol–water partition coefficient (Wildman–Crippen LogP) is 2.52. The van der Waals surface area contributed by atoms with Gasteiger partial charge in [0, 0.05) is 18.8 Å². The Bertz CT molecular complexity index is 347. The molecule has 0 amide bonds. The molecule has 3 nitrogen and oxygen atoms in total. The fraction of sp³-hybridized carbons (Fsp3) is 0.500. The summed E-state index contributed by atoms with van der Waals surface area (Å²) in [6.07, 6.45) is 1.73. The van der Waals surface area contributed by atoms with Crippen LogP contribution in [0.5, 0.6) is 0 Å². The van der Waals surface area contributed by atoms with Crippen LogP contribution in [0.15, 0.2) is 18.3 Å². The van der Waals surface area contributed by atoms with Crippen LogP contribution in [0, 0.1) is 0 Å². The average molecular weight is 206 g/mol. The summed E-state index contributed by atoms with van der Waals surface area (Å²) in [4.78, 5) is 17.9. The highest BCUT2D eigenvalue weighted by molar-refractivity contribution is 5.98. The predicted molar refractivity (Wildman–Crippen MR) is 62.4 cm³/mol. The van der Waals surface area contributed by atoms with E-state index in [1.807, 2.05) is 6.07 Å². The summed E-state index contributed by atoms with van der Waals surface area (Å²) in [5.74, 6) is 0.861. The van der Waals surface area contributed by atoms with Crippen LogP contribution in [0.1, 0.15) is 38.1 Å². The van der Waals surface area contributed by atoms with Crippen LogP contribution in [0.4, 0.5) is 5.82 Å². The monoisotopic (exact) mass is 206 g/mol. The minimum atomic E-state index is 0.0669. The molecule has 0 aliphatic heterocycles. The van der Waals surface area contributed by atoms with E-state index in [4.69, 9.17) is 0 Å². The lowest BCUT2D eigenvalue weighted by molar-refractivity contribution is 0.101. The molecule has 1 aromatic rings. The van der Waals surface area contributed by atoms with Crippen LogP contribution in [0.3, 0.4) is 0 Å². The first-order chi connectivity index (χ1) is 7.07.